The van der Waals surface area contributed by atoms with Crippen LogP contribution in [-0.2, 0) is 17.6 Å². The Kier molecular flexibility index (Phi) is 8.47. The first-order valence-electron chi connectivity index (χ1n) is 10.2. The predicted octanol–water partition coefficient (Wildman–Crippen LogP) is 4.99. The van der Waals surface area contributed by atoms with Crippen LogP contribution in [-0.4, -0.2) is 41.9 Å². The van der Waals surface area contributed by atoms with Gasteiger partial charge in [0.15, 0.2) is 0 Å². The number of carbonyl (C=O) groups is 2. The molecule has 0 spiro atoms. The maximum Gasteiger partial charge on any atom is 0.262 e. The number of thiophene rings is 1. The summed E-state index contributed by atoms with van der Waals surface area (Å²) >= 11 is 7.08. The summed E-state index contributed by atoms with van der Waals surface area (Å²) in [5.74, 6) is -0.584. The van der Waals surface area contributed by atoms with E-state index in [2.05, 4.69) is 49.4 Å². The van der Waals surface area contributed by atoms with Gasteiger partial charge in [-0.1, -0.05) is 24.6 Å². The van der Waals surface area contributed by atoms with E-state index in [0.717, 1.165) is 25.1 Å². The average molecular weight is 450 g/mol. The molecule has 2 rings (SSSR count). The molecule has 1 aromatic heterocycles. The van der Waals surface area contributed by atoms with Crippen molar-refractivity contribution < 1.29 is 9.59 Å². The molecule has 0 atom stereocenters. The lowest BCUT2D eigenvalue weighted by Gasteiger charge is -2.25. The Hall–Kier alpha value is -1.89. The van der Waals surface area contributed by atoms with Gasteiger partial charge in [-0.2, -0.15) is 0 Å². The molecular weight excluding hydrogens is 418 g/mol. The van der Waals surface area contributed by atoms with Crippen LogP contribution in [0.25, 0.3) is 0 Å². The Bertz CT molecular complexity index is 892. The van der Waals surface area contributed by atoms with Crippen LogP contribution in [0.5, 0.6) is 0 Å². The second kappa shape index (κ2) is 10.4. The van der Waals surface area contributed by atoms with Crippen LogP contribution in [0.1, 0.15) is 55.4 Å². The van der Waals surface area contributed by atoms with E-state index >= 15 is 0 Å². The van der Waals surface area contributed by atoms with Crippen molar-refractivity contribution >= 4 is 40.4 Å². The van der Waals surface area contributed by atoms with Crippen LogP contribution in [0.3, 0.4) is 0 Å². The number of amides is 2. The van der Waals surface area contributed by atoms with Crippen molar-refractivity contribution in [3.8, 4) is 0 Å². The first-order valence-corrected chi connectivity index (χ1v) is 11.4. The van der Waals surface area contributed by atoms with Crippen molar-refractivity contribution in [2.24, 2.45) is 0 Å². The van der Waals surface area contributed by atoms with E-state index < -0.39 is 5.54 Å². The molecule has 2 amide bonds. The zero-order valence-electron chi connectivity index (χ0n) is 18.6. The van der Waals surface area contributed by atoms with Crippen LogP contribution in [0.4, 0.5) is 5.69 Å². The minimum Gasteiger partial charge on any atom is -0.337 e. The largest absolute Gasteiger partial charge is 0.337 e. The number of aryl methyl sites for hydroxylation is 1. The molecule has 0 saturated carbocycles. The molecule has 0 radical (unpaired) electrons. The van der Waals surface area contributed by atoms with E-state index in [4.69, 9.17) is 11.6 Å². The topological polar surface area (TPSA) is 61.4 Å². The van der Waals surface area contributed by atoms with Gasteiger partial charge in [-0.15, -0.1) is 11.3 Å². The van der Waals surface area contributed by atoms with E-state index in [0.29, 0.717) is 15.3 Å². The molecule has 5 nitrogen and oxygen atoms in total. The van der Waals surface area contributed by atoms with Crippen molar-refractivity contribution in [1.82, 2.24) is 10.2 Å². The Morgan fingerprint density at radius 2 is 1.87 bits per heavy atom. The van der Waals surface area contributed by atoms with Crippen molar-refractivity contribution in [2.45, 2.75) is 59.0 Å². The number of likely N-dealkylation sites (N-methyl/N-ethyl adjacent to an activating group) is 1. The quantitative estimate of drug-likeness (QED) is 0.566. The summed E-state index contributed by atoms with van der Waals surface area (Å²) in [6.07, 6.45) is 1.86. The zero-order valence-corrected chi connectivity index (χ0v) is 20.2. The lowest BCUT2D eigenvalue weighted by Crippen LogP contribution is -2.52. The molecule has 1 heterocycles. The minimum absolute atomic E-state index is 0.271. The summed E-state index contributed by atoms with van der Waals surface area (Å²) < 4.78 is 0.536. The second-order valence-electron chi connectivity index (χ2n) is 8.30. The molecule has 0 aliphatic carbocycles. The zero-order chi connectivity index (χ0) is 22.5. The van der Waals surface area contributed by atoms with Gasteiger partial charge in [-0.25, -0.2) is 0 Å². The van der Waals surface area contributed by atoms with Crippen LogP contribution in [0.2, 0.25) is 4.34 Å². The maximum absolute atomic E-state index is 12.8. The first kappa shape index (κ1) is 24.4. The fraction of sp³-hybridized carbons (Fsp3) is 0.478. The standard InChI is InChI=1S/C23H32ClN3O2S/c1-7-16-14-18(9-8-17(16)12-13-27(6)15(2)3)25-22(29)23(4,5)26-21(28)19-10-11-20(24)30-19/h8-11,14-15H,7,12-13H2,1-6H3,(H,25,29)(H,26,28). The fourth-order valence-electron chi connectivity index (χ4n) is 2.96. The smallest absolute Gasteiger partial charge is 0.262 e. The number of hydrogen-bond donors (Lipinski definition) is 2. The summed E-state index contributed by atoms with van der Waals surface area (Å²) in [4.78, 5) is 28.0. The summed E-state index contributed by atoms with van der Waals surface area (Å²) in [6.45, 7) is 10.9. The van der Waals surface area contributed by atoms with E-state index in [-0.39, 0.29) is 11.8 Å². The van der Waals surface area contributed by atoms with Crippen molar-refractivity contribution in [2.75, 3.05) is 18.9 Å². The lowest BCUT2D eigenvalue weighted by molar-refractivity contribution is -0.120. The Labute approximate surface area is 188 Å². The van der Waals surface area contributed by atoms with Gasteiger partial charge < -0.3 is 15.5 Å². The normalized spacial score (nSPS) is 11.8. The highest BCUT2D eigenvalue weighted by Crippen LogP contribution is 2.23. The minimum atomic E-state index is -1.07. The molecular formula is C23H32ClN3O2S. The van der Waals surface area contributed by atoms with Gasteiger partial charge >= 0.3 is 0 Å². The Morgan fingerprint density at radius 3 is 2.43 bits per heavy atom. The highest BCUT2D eigenvalue weighted by Gasteiger charge is 2.30. The molecule has 30 heavy (non-hydrogen) atoms. The molecule has 0 unspecified atom stereocenters. The van der Waals surface area contributed by atoms with Gasteiger partial charge in [0, 0.05) is 18.3 Å². The Morgan fingerprint density at radius 1 is 1.17 bits per heavy atom. The van der Waals surface area contributed by atoms with Gasteiger partial charge in [0.1, 0.15) is 5.54 Å². The summed E-state index contributed by atoms with van der Waals surface area (Å²) in [5.41, 5.74) is 2.18. The lowest BCUT2D eigenvalue weighted by atomic mass is 10.00. The number of carbonyl (C=O) groups excluding carboxylic acids is 2. The van der Waals surface area contributed by atoms with Crippen molar-refractivity contribution in [3.63, 3.8) is 0 Å². The van der Waals surface area contributed by atoms with Gasteiger partial charge in [0.25, 0.3) is 5.91 Å². The SMILES string of the molecule is CCc1cc(NC(=O)C(C)(C)NC(=O)c2ccc(Cl)s2)ccc1CCN(C)C(C)C. The third kappa shape index (κ3) is 6.56. The third-order valence-electron chi connectivity index (χ3n) is 5.25. The number of hydrogen-bond acceptors (Lipinski definition) is 4. The van der Waals surface area contributed by atoms with E-state index in [1.165, 1.54) is 22.5 Å². The number of benzene rings is 1. The van der Waals surface area contributed by atoms with E-state index in [9.17, 15) is 9.59 Å². The van der Waals surface area contributed by atoms with Crippen molar-refractivity contribution in [1.29, 1.82) is 0 Å². The van der Waals surface area contributed by atoms with Crippen LogP contribution >= 0.6 is 22.9 Å². The Balaban J connectivity index is 2.05. The monoisotopic (exact) mass is 449 g/mol. The molecule has 7 heteroatoms. The molecule has 0 aliphatic rings. The number of anilines is 1. The van der Waals surface area contributed by atoms with Gasteiger partial charge in [-0.3, -0.25) is 9.59 Å². The third-order valence-corrected chi connectivity index (χ3v) is 6.48. The van der Waals surface area contributed by atoms with Crippen LogP contribution in [0, 0.1) is 0 Å². The first-order chi connectivity index (χ1) is 14.0. The molecule has 2 N–H and O–H groups in total. The van der Waals surface area contributed by atoms with Crippen LogP contribution < -0.4 is 10.6 Å². The van der Waals surface area contributed by atoms with E-state index in [1.54, 1.807) is 26.0 Å². The van der Waals surface area contributed by atoms with Crippen molar-refractivity contribution in [3.05, 3.63) is 50.7 Å². The molecule has 2 aromatic rings. The number of rotatable bonds is 9. The molecule has 0 aliphatic heterocycles. The molecule has 164 valence electrons. The molecule has 0 bridgehead atoms. The number of nitrogens with one attached hydrogen (secondary N) is 2. The molecule has 0 saturated heterocycles. The molecule has 0 fully saturated rings. The number of halogens is 1. The average Bonchev–Trinajstić information content (AvgIpc) is 3.12. The fourth-order valence-corrected chi connectivity index (χ4v) is 3.90. The second-order valence-corrected chi connectivity index (χ2v) is 10.0. The van der Waals surface area contributed by atoms with Gasteiger partial charge in [0.05, 0.1) is 9.21 Å². The highest BCUT2D eigenvalue weighted by molar-refractivity contribution is 7.18. The predicted molar refractivity (Wildman–Crippen MR) is 127 cm³/mol. The molecule has 1 aromatic carbocycles. The summed E-state index contributed by atoms with van der Waals surface area (Å²) in [7, 11) is 2.13. The summed E-state index contributed by atoms with van der Waals surface area (Å²) in [6, 6.07) is 9.87. The highest BCUT2D eigenvalue weighted by atomic mass is 35.5. The van der Waals surface area contributed by atoms with Crippen LogP contribution in [0.15, 0.2) is 30.3 Å². The van der Waals surface area contributed by atoms with Gasteiger partial charge in [-0.05, 0) is 83.0 Å². The number of nitrogens with zero attached hydrogens (tertiary/aromatic N) is 1. The summed E-state index contributed by atoms with van der Waals surface area (Å²) in [5, 5.41) is 5.73. The maximum atomic E-state index is 12.8. The van der Waals surface area contributed by atoms with E-state index in [1.807, 2.05) is 12.1 Å². The van der Waals surface area contributed by atoms with Gasteiger partial charge in [0.2, 0.25) is 5.91 Å².